The average molecular weight is 338 g/mol. The van der Waals surface area contributed by atoms with E-state index in [4.69, 9.17) is 27.9 Å². The highest BCUT2D eigenvalue weighted by Crippen LogP contribution is 2.19. The summed E-state index contributed by atoms with van der Waals surface area (Å²) in [5, 5.41) is 4.05. The molecule has 1 unspecified atom stereocenters. The number of hydrogen-bond donors (Lipinski definition) is 1. The standard InChI is InChI=1S/C17H17Cl2NO2/c1-22-16(13-5-3-2-4-6-13)17(21)20-8-7-12-9-14(18)11-15(19)10-12/h2-6,9-11,16H,7-8H2,1H3,(H,20,21). The molecular formula is C17H17Cl2NO2. The van der Waals surface area contributed by atoms with Crippen molar-refractivity contribution in [3.63, 3.8) is 0 Å². The highest BCUT2D eigenvalue weighted by atomic mass is 35.5. The molecular weight excluding hydrogens is 321 g/mol. The van der Waals surface area contributed by atoms with Gasteiger partial charge in [0, 0.05) is 23.7 Å². The van der Waals surface area contributed by atoms with Crippen LogP contribution in [0.25, 0.3) is 0 Å². The van der Waals surface area contributed by atoms with E-state index in [0.29, 0.717) is 23.0 Å². The van der Waals surface area contributed by atoms with E-state index in [0.717, 1.165) is 11.1 Å². The van der Waals surface area contributed by atoms with Crippen LogP contribution in [0.15, 0.2) is 48.5 Å². The lowest BCUT2D eigenvalue weighted by molar-refractivity contribution is -0.131. The maximum atomic E-state index is 12.2. The maximum absolute atomic E-state index is 12.2. The molecule has 116 valence electrons. The summed E-state index contributed by atoms with van der Waals surface area (Å²) in [6, 6.07) is 14.7. The predicted molar refractivity (Wildman–Crippen MR) is 89.4 cm³/mol. The summed E-state index contributed by atoms with van der Waals surface area (Å²) >= 11 is 11.9. The van der Waals surface area contributed by atoms with E-state index in [-0.39, 0.29) is 5.91 Å². The van der Waals surface area contributed by atoms with Crippen molar-refractivity contribution in [3.05, 3.63) is 69.7 Å². The first kappa shape index (κ1) is 16.8. The summed E-state index contributed by atoms with van der Waals surface area (Å²) in [6.07, 6.45) is 0.0428. The Bertz CT molecular complexity index is 612. The molecule has 2 aromatic carbocycles. The molecule has 0 aliphatic heterocycles. The van der Waals surface area contributed by atoms with Gasteiger partial charge >= 0.3 is 0 Å². The van der Waals surface area contributed by atoms with Gasteiger partial charge in [-0.05, 0) is 35.7 Å². The number of hydrogen-bond acceptors (Lipinski definition) is 2. The van der Waals surface area contributed by atoms with Gasteiger partial charge in [-0.3, -0.25) is 4.79 Å². The Morgan fingerprint density at radius 3 is 2.36 bits per heavy atom. The minimum Gasteiger partial charge on any atom is -0.367 e. The summed E-state index contributed by atoms with van der Waals surface area (Å²) in [5.74, 6) is -0.165. The average Bonchev–Trinajstić information content (AvgIpc) is 2.48. The molecule has 0 saturated carbocycles. The fourth-order valence-electron chi connectivity index (χ4n) is 2.20. The van der Waals surface area contributed by atoms with Gasteiger partial charge in [-0.15, -0.1) is 0 Å². The van der Waals surface area contributed by atoms with Crippen molar-refractivity contribution < 1.29 is 9.53 Å². The molecule has 0 spiro atoms. The largest absolute Gasteiger partial charge is 0.367 e. The van der Waals surface area contributed by atoms with E-state index in [9.17, 15) is 4.79 Å². The van der Waals surface area contributed by atoms with Gasteiger partial charge in [0.2, 0.25) is 0 Å². The molecule has 1 N–H and O–H groups in total. The number of methoxy groups -OCH3 is 1. The molecule has 0 aliphatic rings. The highest BCUT2D eigenvalue weighted by Gasteiger charge is 2.19. The molecule has 0 radical (unpaired) electrons. The van der Waals surface area contributed by atoms with Crippen LogP contribution in [-0.4, -0.2) is 19.6 Å². The van der Waals surface area contributed by atoms with Crippen LogP contribution in [0.3, 0.4) is 0 Å². The Hall–Kier alpha value is -1.55. The van der Waals surface area contributed by atoms with E-state index in [1.807, 2.05) is 42.5 Å². The first-order valence-electron chi connectivity index (χ1n) is 6.90. The van der Waals surface area contributed by atoms with Crippen LogP contribution in [-0.2, 0) is 16.0 Å². The highest BCUT2D eigenvalue weighted by molar-refractivity contribution is 6.34. The molecule has 2 aromatic rings. The van der Waals surface area contributed by atoms with Crippen LogP contribution in [0.4, 0.5) is 0 Å². The lowest BCUT2D eigenvalue weighted by atomic mass is 10.1. The topological polar surface area (TPSA) is 38.3 Å². The summed E-state index contributed by atoms with van der Waals surface area (Å²) in [5.41, 5.74) is 1.81. The summed E-state index contributed by atoms with van der Waals surface area (Å²) < 4.78 is 5.28. The van der Waals surface area contributed by atoms with Crippen LogP contribution in [0.5, 0.6) is 0 Å². The summed E-state index contributed by atoms with van der Waals surface area (Å²) in [6.45, 7) is 0.488. The van der Waals surface area contributed by atoms with E-state index in [1.165, 1.54) is 7.11 Å². The van der Waals surface area contributed by atoms with E-state index in [1.54, 1.807) is 6.07 Å². The minimum absolute atomic E-state index is 0.165. The Morgan fingerprint density at radius 2 is 1.77 bits per heavy atom. The zero-order valence-electron chi connectivity index (χ0n) is 12.2. The number of benzene rings is 2. The minimum atomic E-state index is -0.607. The molecule has 5 heteroatoms. The lowest BCUT2D eigenvalue weighted by Gasteiger charge is -2.15. The van der Waals surface area contributed by atoms with Crippen LogP contribution in [0.2, 0.25) is 10.0 Å². The number of amides is 1. The zero-order chi connectivity index (χ0) is 15.9. The third-order valence-corrected chi connectivity index (χ3v) is 3.65. The molecule has 0 aliphatic carbocycles. The first-order chi connectivity index (χ1) is 10.6. The molecule has 1 atom stereocenters. The second-order valence-corrected chi connectivity index (χ2v) is 5.72. The number of ether oxygens (including phenoxy) is 1. The number of carbonyl (C=O) groups is 1. The summed E-state index contributed by atoms with van der Waals surface area (Å²) in [4.78, 5) is 12.2. The smallest absolute Gasteiger partial charge is 0.253 e. The van der Waals surface area contributed by atoms with Gasteiger partial charge in [-0.1, -0.05) is 53.5 Å². The predicted octanol–water partition coefficient (Wildman–Crippen LogP) is 4.04. The monoisotopic (exact) mass is 337 g/mol. The molecule has 22 heavy (non-hydrogen) atoms. The van der Waals surface area contributed by atoms with Crippen LogP contribution in [0, 0.1) is 0 Å². The molecule has 0 saturated heterocycles. The third-order valence-electron chi connectivity index (χ3n) is 3.21. The zero-order valence-corrected chi connectivity index (χ0v) is 13.7. The van der Waals surface area contributed by atoms with E-state index >= 15 is 0 Å². The molecule has 2 rings (SSSR count). The van der Waals surface area contributed by atoms with Gasteiger partial charge in [-0.25, -0.2) is 0 Å². The molecule has 3 nitrogen and oxygen atoms in total. The van der Waals surface area contributed by atoms with Gasteiger partial charge in [0.25, 0.3) is 5.91 Å². The molecule has 0 fully saturated rings. The van der Waals surface area contributed by atoms with Crippen molar-refractivity contribution >= 4 is 29.1 Å². The fraction of sp³-hybridized carbons (Fsp3) is 0.235. The van der Waals surface area contributed by atoms with Gasteiger partial charge in [0.15, 0.2) is 6.10 Å². The van der Waals surface area contributed by atoms with E-state index in [2.05, 4.69) is 5.32 Å². The number of rotatable bonds is 6. The SMILES string of the molecule is COC(C(=O)NCCc1cc(Cl)cc(Cl)c1)c1ccccc1. The quantitative estimate of drug-likeness (QED) is 0.863. The second-order valence-electron chi connectivity index (χ2n) is 4.85. The van der Waals surface area contributed by atoms with Crippen LogP contribution < -0.4 is 5.32 Å². The van der Waals surface area contributed by atoms with Crippen molar-refractivity contribution in [3.8, 4) is 0 Å². The van der Waals surface area contributed by atoms with Crippen molar-refractivity contribution in [1.29, 1.82) is 0 Å². The third kappa shape index (κ3) is 4.73. The van der Waals surface area contributed by atoms with Crippen molar-refractivity contribution in [2.75, 3.05) is 13.7 Å². The summed E-state index contributed by atoms with van der Waals surface area (Å²) in [7, 11) is 1.52. The van der Waals surface area contributed by atoms with Crippen molar-refractivity contribution in [2.45, 2.75) is 12.5 Å². The fourth-order valence-corrected chi connectivity index (χ4v) is 2.77. The molecule has 0 heterocycles. The van der Waals surface area contributed by atoms with Crippen LogP contribution >= 0.6 is 23.2 Å². The van der Waals surface area contributed by atoms with Gasteiger partial charge < -0.3 is 10.1 Å². The van der Waals surface area contributed by atoms with Gasteiger partial charge in [0.1, 0.15) is 0 Å². The molecule has 0 aromatic heterocycles. The normalized spacial score (nSPS) is 12.0. The first-order valence-corrected chi connectivity index (χ1v) is 7.66. The maximum Gasteiger partial charge on any atom is 0.253 e. The molecule has 1 amide bonds. The number of nitrogens with one attached hydrogen (secondary N) is 1. The number of carbonyl (C=O) groups excluding carboxylic acids is 1. The lowest BCUT2D eigenvalue weighted by Crippen LogP contribution is -2.31. The van der Waals surface area contributed by atoms with Gasteiger partial charge in [0.05, 0.1) is 0 Å². The number of halogens is 2. The van der Waals surface area contributed by atoms with Gasteiger partial charge in [-0.2, -0.15) is 0 Å². The van der Waals surface area contributed by atoms with Crippen molar-refractivity contribution in [2.24, 2.45) is 0 Å². The van der Waals surface area contributed by atoms with E-state index < -0.39 is 6.10 Å². The Kier molecular flexibility index (Phi) is 6.25. The van der Waals surface area contributed by atoms with Crippen LogP contribution in [0.1, 0.15) is 17.2 Å². The Balaban J connectivity index is 1.91. The van der Waals surface area contributed by atoms with Crippen molar-refractivity contribution in [1.82, 2.24) is 5.32 Å². The molecule has 0 bridgehead atoms. The Labute approximate surface area is 140 Å². The Morgan fingerprint density at radius 1 is 1.14 bits per heavy atom. The second kappa shape index (κ2) is 8.18.